The second-order valence-corrected chi connectivity index (χ2v) is 7.84. The molecular weight excluding hydrogens is 362 g/mol. The lowest BCUT2D eigenvalue weighted by atomic mass is 9.88. The smallest absolute Gasteiger partial charge is 0.335 e. The molecule has 2 aromatic rings. The first-order chi connectivity index (χ1) is 13.0. The monoisotopic (exact) mass is 385 g/mol. The highest BCUT2D eigenvalue weighted by atomic mass is 32.1. The number of aromatic carboxylic acids is 1. The van der Waals surface area contributed by atoms with Gasteiger partial charge in [-0.2, -0.15) is 0 Å². The van der Waals surface area contributed by atoms with Crippen LogP contribution in [0.2, 0.25) is 0 Å². The molecule has 1 saturated heterocycles. The standard InChI is InChI=1S/C21H23NO4S/c23-18(19-6-3-13-27-19)7-8-20(24)22-11-9-15(10-12-22)14-16-4-1-2-5-17(16)21(25)26/h1-6,13,15H,7-12,14H2,(H,25,26). The van der Waals surface area contributed by atoms with Gasteiger partial charge in [0.1, 0.15) is 0 Å². The number of carboxylic acids is 1. The summed E-state index contributed by atoms with van der Waals surface area (Å²) >= 11 is 1.41. The fourth-order valence-electron chi connectivity index (χ4n) is 3.54. The van der Waals surface area contributed by atoms with Crippen LogP contribution in [0.15, 0.2) is 41.8 Å². The summed E-state index contributed by atoms with van der Waals surface area (Å²) in [6, 6.07) is 10.7. The molecular formula is C21H23NO4S. The van der Waals surface area contributed by atoms with Crippen molar-refractivity contribution in [1.82, 2.24) is 4.90 Å². The van der Waals surface area contributed by atoms with E-state index in [1.54, 1.807) is 18.2 Å². The van der Waals surface area contributed by atoms with Crippen molar-refractivity contribution < 1.29 is 19.5 Å². The van der Waals surface area contributed by atoms with Crippen LogP contribution in [0.1, 0.15) is 51.3 Å². The van der Waals surface area contributed by atoms with Crippen molar-refractivity contribution in [2.45, 2.75) is 32.1 Å². The van der Waals surface area contributed by atoms with Crippen LogP contribution in [0.4, 0.5) is 0 Å². The maximum atomic E-state index is 12.4. The number of hydrogen-bond acceptors (Lipinski definition) is 4. The molecule has 2 heterocycles. The minimum absolute atomic E-state index is 0.0264. The molecule has 142 valence electrons. The minimum Gasteiger partial charge on any atom is -0.478 e. The molecule has 27 heavy (non-hydrogen) atoms. The van der Waals surface area contributed by atoms with Gasteiger partial charge in [0.05, 0.1) is 10.4 Å². The predicted molar refractivity (Wildman–Crippen MR) is 104 cm³/mol. The summed E-state index contributed by atoms with van der Waals surface area (Å²) in [7, 11) is 0. The maximum Gasteiger partial charge on any atom is 0.335 e. The van der Waals surface area contributed by atoms with E-state index >= 15 is 0 Å². The summed E-state index contributed by atoms with van der Waals surface area (Å²) in [6.45, 7) is 1.35. The Morgan fingerprint density at radius 1 is 1.04 bits per heavy atom. The zero-order valence-corrected chi connectivity index (χ0v) is 15.9. The SMILES string of the molecule is O=C(CCC(=O)N1CCC(Cc2ccccc2C(=O)O)CC1)c1cccs1. The molecule has 5 nitrogen and oxygen atoms in total. The van der Waals surface area contributed by atoms with Gasteiger partial charge in [-0.05, 0) is 48.3 Å². The van der Waals surface area contributed by atoms with Gasteiger partial charge in [-0.3, -0.25) is 9.59 Å². The predicted octanol–water partition coefficient (Wildman–Crippen LogP) is 3.89. The zero-order chi connectivity index (χ0) is 19.2. The topological polar surface area (TPSA) is 74.7 Å². The number of carboxylic acid groups (broad SMARTS) is 1. The van der Waals surface area contributed by atoms with Gasteiger partial charge < -0.3 is 10.0 Å². The highest BCUT2D eigenvalue weighted by Crippen LogP contribution is 2.24. The second-order valence-electron chi connectivity index (χ2n) is 6.89. The number of hydrogen-bond donors (Lipinski definition) is 1. The van der Waals surface area contributed by atoms with Crippen LogP contribution in [0.25, 0.3) is 0 Å². The lowest BCUT2D eigenvalue weighted by Gasteiger charge is -2.32. The number of amides is 1. The molecule has 1 aliphatic heterocycles. The van der Waals surface area contributed by atoms with Crippen molar-refractivity contribution in [1.29, 1.82) is 0 Å². The third-order valence-corrected chi connectivity index (χ3v) is 6.00. The Balaban J connectivity index is 1.47. The molecule has 0 unspecified atom stereocenters. The summed E-state index contributed by atoms with van der Waals surface area (Å²) in [5, 5.41) is 11.2. The Labute approximate surface area is 162 Å². The van der Waals surface area contributed by atoms with Gasteiger partial charge in [0.25, 0.3) is 0 Å². The Morgan fingerprint density at radius 2 is 1.78 bits per heavy atom. The van der Waals surface area contributed by atoms with Crippen LogP contribution >= 0.6 is 11.3 Å². The van der Waals surface area contributed by atoms with Crippen molar-refractivity contribution in [2.75, 3.05) is 13.1 Å². The Morgan fingerprint density at radius 3 is 2.44 bits per heavy atom. The highest BCUT2D eigenvalue weighted by Gasteiger charge is 2.24. The first kappa shape index (κ1) is 19.3. The molecule has 1 aliphatic rings. The first-order valence-corrected chi connectivity index (χ1v) is 10.1. The number of ketones is 1. The van der Waals surface area contributed by atoms with Crippen LogP contribution in [0.3, 0.4) is 0 Å². The van der Waals surface area contributed by atoms with Gasteiger partial charge in [0.2, 0.25) is 5.91 Å². The summed E-state index contributed by atoms with van der Waals surface area (Å²) in [5.74, 6) is -0.460. The van der Waals surface area contributed by atoms with E-state index in [2.05, 4.69) is 0 Å². The van der Waals surface area contributed by atoms with E-state index in [0.717, 1.165) is 24.8 Å². The van der Waals surface area contributed by atoms with Gasteiger partial charge in [-0.15, -0.1) is 11.3 Å². The largest absolute Gasteiger partial charge is 0.478 e. The normalized spacial score (nSPS) is 14.9. The lowest BCUT2D eigenvalue weighted by molar-refractivity contribution is -0.132. The zero-order valence-electron chi connectivity index (χ0n) is 15.1. The lowest BCUT2D eigenvalue weighted by Crippen LogP contribution is -2.39. The second kappa shape index (κ2) is 8.95. The van der Waals surface area contributed by atoms with Gasteiger partial charge >= 0.3 is 5.97 Å². The molecule has 0 bridgehead atoms. The Bertz CT molecular complexity index is 807. The van der Waals surface area contributed by atoms with Crippen molar-refractivity contribution in [3.63, 3.8) is 0 Å². The van der Waals surface area contributed by atoms with Crippen molar-refractivity contribution in [3.8, 4) is 0 Å². The van der Waals surface area contributed by atoms with Crippen LogP contribution in [-0.2, 0) is 11.2 Å². The Hall–Kier alpha value is -2.47. The average molecular weight is 385 g/mol. The number of carbonyl (C=O) groups is 3. The van der Waals surface area contributed by atoms with E-state index in [0.29, 0.717) is 29.4 Å². The fraction of sp³-hybridized carbons (Fsp3) is 0.381. The van der Waals surface area contributed by atoms with Crippen LogP contribution < -0.4 is 0 Å². The number of likely N-dealkylation sites (tertiary alicyclic amines) is 1. The van der Waals surface area contributed by atoms with Crippen molar-refractivity contribution >= 4 is 29.0 Å². The number of nitrogens with zero attached hydrogens (tertiary/aromatic N) is 1. The number of Topliss-reactive ketones (excluding diaryl/α,β-unsaturated/α-hetero) is 1. The summed E-state index contributed by atoms with van der Waals surface area (Å²) in [6.07, 6.45) is 2.95. The van der Waals surface area contributed by atoms with Crippen molar-refractivity contribution in [2.24, 2.45) is 5.92 Å². The number of piperidine rings is 1. The van der Waals surface area contributed by atoms with E-state index < -0.39 is 5.97 Å². The molecule has 1 aromatic heterocycles. The summed E-state index contributed by atoms with van der Waals surface area (Å²) in [4.78, 5) is 38.3. The fourth-order valence-corrected chi connectivity index (χ4v) is 4.24. The van der Waals surface area contributed by atoms with E-state index in [-0.39, 0.29) is 24.5 Å². The van der Waals surface area contributed by atoms with Crippen LogP contribution in [0, 0.1) is 5.92 Å². The van der Waals surface area contributed by atoms with Crippen LogP contribution in [-0.4, -0.2) is 40.8 Å². The molecule has 0 atom stereocenters. The third kappa shape index (κ3) is 5.04. The minimum atomic E-state index is -0.895. The molecule has 1 aromatic carbocycles. The molecule has 1 N–H and O–H groups in total. The Kier molecular flexibility index (Phi) is 6.40. The molecule has 0 spiro atoms. The van der Waals surface area contributed by atoms with Gasteiger partial charge in [0.15, 0.2) is 5.78 Å². The van der Waals surface area contributed by atoms with E-state index in [1.165, 1.54) is 11.3 Å². The van der Waals surface area contributed by atoms with E-state index in [9.17, 15) is 19.5 Å². The van der Waals surface area contributed by atoms with Crippen molar-refractivity contribution in [3.05, 3.63) is 57.8 Å². The molecule has 0 radical (unpaired) electrons. The van der Waals surface area contributed by atoms with E-state index in [4.69, 9.17) is 0 Å². The summed E-state index contributed by atoms with van der Waals surface area (Å²) in [5.41, 5.74) is 1.22. The molecule has 0 saturated carbocycles. The number of carbonyl (C=O) groups excluding carboxylic acids is 2. The van der Waals surface area contributed by atoms with Crippen LogP contribution in [0.5, 0.6) is 0 Å². The molecule has 1 fully saturated rings. The van der Waals surface area contributed by atoms with E-state index in [1.807, 2.05) is 28.5 Å². The maximum absolute atomic E-state index is 12.4. The number of rotatable bonds is 7. The molecule has 6 heteroatoms. The quantitative estimate of drug-likeness (QED) is 0.734. The highest BCUT2D eigenvalue weighted by molar-refractivity contribution is 7.12. The number of thiophene rings is 1. The first-order valence-electron chi connectivity index (χ1n) is 9.20. The third-order valence-electron chi connectivity index (χ3n) is 5.09. The van der Waals surface area contributed by atoms with Gasteiger partial charge in [-0.1, -0.05) is 24.3 Å². The van der Waals surface area contributed by atoms with Gasteiger partial charge in [-0.25, -0.2) is 4.79 Å². The molecule has 3 rings (SSSR count). The van der Waals surface area contributed by atoms with Gasteiger partial charge in [0, 0.05) is 25.9 Å². The molecule has 1 amide bonds. The average Bonchev–Trinajstić information content (AvgIpc) is 3.21. The number of benzene rings is 1. The molecule has 0 aliphatic carbocycles. The summed E-state index contributed by atoms with van der Waals surface area (Å²) < 4.78 is 0.